The maximum absolute atomic E-state index is 11.7. The molecular weight excluding hydrogens is 246 g/mol. The number of halogens is 1. The van der Waals surface area contributed by atoms with E-state index in [0.29, 0.717) is 0 Å². The highest BCUT2D eigenvalue weighted by molar-refractivity contribution is 7.16. The summed E-state index contributed by atoms with van der Waals surface area (Å²) in [5.41, 5.74) is 6.52. The smallest absolute Gasteiger partial charge is 0.229 e. The van der Waals surface area contributed by atoms with Gasteiger partial charge in [0.05, 0.1) is 16.6 Å². The average Bonchev–Trinajstić information content (AvgIpc) is 2.43. The van der Waals surface area contributed by atoms with Crippen LogP contribution < -0.4 is 11.1 Å². The Kier molecular flexibility index (Phi) is 5.92. The second kappa shape index (κ2) is 6.18. The lowest BCUT2D eigenvalue weighted by Gasteiger charge is -2.14. The first kappa shape index (κ1) is 15.3. The molecule has 1 heterocycles. The Balaban J connectivity index is 0.00000225. The van der Waals surface area contributed by atoms with Gasteiger partial charge in [0.1, 0.15) is 5.00 Å². The Morgan fingerprint density at radius 3 is 2.38 bits per heavy atom. The summed E-state index contributed by atoms with van der Waals surface area (Å²) in [4.78, 5) is 15.9. The largest absolute Gasteiger partial charge is 0.327 e. The number of nitrogens with two attached hydrogens (primary N) is 1. The molecular formula is C10H18ClN3OS. The Morgan fingerprint density at radius 2 is 2.00 bits per heavy atom. The number of aromatic nitrogens is 1. The Bertz CT molecular complexity index is 365. The Labute approximate surface area is 106 Å². The lowest BCUT2D eigenvalue weighted by atomic mass is 10.0. The lowest BCUT2D eigenvalue weighted by Crippen LogP contribution is -2.34. The number of anilines is 1. The second-order valence-electron chi connectivity index (χ2n) is 3.78. The van der Waals surface area contributed by atoms with Gasteiger partial charge < -0.3 is 11.1 Å². The van der Waals surface area contributed by atoms with Crippen molar-refractivity contribution in [3.05, 3.63) is 10.7 Å². The zero-order valence-corrected chi connectivity index (χ0v) is 11.5. The van der Waals surface area contributed by atoms with E-state index in [1.165, 1.54) is 11.3 Å². The van der Waals surface area contributed by atoms with Gasteiger partial charge in [0.2, 0.25) is 5.91 Å². The minimum absolute atomic E-state index is 0. The van der Waals surface area contributed by atoms with Crippen LogP contribution in [0.5, 0.6) is 0 Å². The molecule has 0 aromatic carbocycles. The zero-order valence-electron chi connectivity index (χ0n) is 9.90. The van der Waals surface area contributed by atoms with Crippen molar-refractivity contribution >= 4 is 34.7 Å². The van der Waals surface area contributed by atoms with Crippen LogP contribution in [-0.2, 0) is 4.79 Å². The van der Waals surface area contributed by atoms with Crippen LogP contribution in [0.15, 0.2) is 0 Å². The number of amides is 1. The van der Waals surface area contributed by atoms with E-state index >= 15 is 0 Å². The van der Waals surface area contributed by atoms with E-state index in [2.05, 4.69) is 10.3 Å². The van der Waals surface area contributed by atoms with Gasteiger partial charge in [-0.25, -0.2) is 4.98 Å². The number of hydrogen-bond donors (Lipinski definition) is 2. The Morgan fingerprint density at radius 1 is 1.44 bits per heavy atom. The molecule has 16 heavy (non-hydrogen) atoms. The molecule has 1 aromatic rings. The fourth-order valence-electron chi connectivity index (χ4n) is 1.11. The minimum atomic E-state index is -0.188. The fourth-order valence-corrected chi connectivity index (χ4v) is 1.93. The van der Waals surface area contributed by atoms with Crippen molar-refractivity contribution in [1.82, 2.24) is 4.98 Å². The molecule has 0 fully saturated rings. The van der Waals surface area contributed by atoms with Crippen LogP contribution in [0.25, 0.3) is 0 Å². The molecule has 0 saturated carbocycles. The third kappa shape index (κ3) is 3.73. The van der Waals surface area contributed by atoms with Gasteiger partial charge >= 0.3 is 0 Å². The van der Waals surface area contributed by atoms with E-state index in [1.54, 1.807) is 0 Å². The average molecular weight is 264 g/mol. The highest BCUT2D eigenvalue weighted by Gasteiger charge is 2.18. The first-order chi connectivity index (χ1) is 6.91. The molecule has 4 nitrogen and oxygen atoms in total. The van der Waals surface area contributed by atoms with E-state index in [-0.39, 0.29) is 30.3 Å². The third-order valence-electron chi connectivity index (χ3n) is 2.34. The summed E-state index contributed by atoms with van der Waals surface area (Å²) in [6, 6.07) is -0.140. The predicted molar refractivity (Wildman–Crippen MR) is 70.3 cm³/mol. The van der Waals surface area contributed by atoms with Crippen LogP contribution in [0.1, 0.15) is 24.5 Å². The minimum Gasteiger partial charge on any atom is -0.327 e. The zero-order chi connectivity index (χ0) is 11.6. The molecule has 0 bridgehead atoms. The first-order valence-corrected chi connectivity index (χ1v) is 5.74. The standard InChI is InChI=1S/C10H17N3OS.ClH/c1-5(6(2)11)9(14)13-10-7(3)12-8(4)15-10;/h5-6H,11H2,1-4H3,(H,13,14);1H. The normalized spacial score (nSPS) is 13.8. The molecule has 2 atom stereocenters. The van der Waals surface area contributed by atoms with Crippen molar-refractivity contribution in [2.45, 2.75) is 33.7 Å². The highest BCUT2D eigenvalue weighted by Crippen LogP contribution is 2.23. The number of carbonyl (C=O) groups is 1. The van der Waals surface area contributed by atoms with Crippen LogP contribution in [-0.4, -0.2) is 16.9 Å². The summed E-state index contributed by atoms with van der Waals surface area (Å²) in [5, 5.41) is 4.63. The molecule has 6 heteroatoms. The van der Waals surface area contributed by atoms with Crippen LogP contribution >= 0.6 is 23.7 Å². The number of hydrogen-bond acceptors (Lipinski definition) is 4. The van der Waals surface area contributed by atoms with Crippen LogP contribution in [0, 0.1) is 19.8 Å². The summed E-state index contributed by atoms with van der Waals surface area (Å²) in [6.07, 6.45) is 0. The van der Waals surface area contributed by atoms with Gasteiger partial charge in [-0.1, -0.05) is 6.92 Å². The van der Waals surface area contributed by atoms with Gasteiger partial charge in [0.25, 0.3) is 0 Å². The Hall–Kier alpha value is -0.650. The number of nitrogens with one attached hydrogen (secondary N) is 1. The number of nitrogens with zero attached hydrogens (tertiary/aromatic N) is 1. The van der Waals surface area contributed by atoms with Crippen molar-refractivity contribution in [2.75, 3.05) is 5.32 Å². The summed E-state index contributed by atoms with van der Waals surface area (Å²) in [6.45, 7) is 7.45. The second-order valence-corrected chi connectivity index (χ2v) is 4.99. The summed E-state index contributed by atoms with van der Waals surface area (Å²) in [7, 11) is 0. The van der Waals surface area contributed by atoms with Crippen molar-refractivity contribution in [2.24, 2.45) is 11.7 Å². The van der Waals surface area contributed by atoms with Crippen molar-refractivity contribution < 1.29 is 4.79 Å². The van der Waals surface area contributed by atoms with Gasteiger partial charge in [-0.3, -0.25) is 4.79 Å². The maximum Gasteiger partial charge on any atom is 0.229 e. The lowest BCUT2D eigenvalue weighted by molar-refractivity contribution is -0.119. The number of rotatable bonds is 3. The predicted octanol–water partition coefficient (Wildman–Crippen LogP) is 2.10. The third-order valence-corrected chi connectivity index (χ3v) is 3.33. The van der Waals surface area contributed by atoms with Gasteiger partial charge in [-0.2, -0.15) is 0 Å². The van der Waals surface area contributed by atoms with Gasteiger partial charge in [0.15, 0.2) is 0 Å². The van der Waals surface area contributed by atoms with E-state index in [9.17, 15) is 4.79 Å². The van der Waals surface area contributed by atoms with Gasteiger partial charge in [-0.05, 0) is 20.8 Å². The molecule has 0 spiro atoms. The van der Waals surface area contributed by atoms with Crippen LogP contribution in [0.3, 0.4) is 0 Å². The summed E-state index contributed by atoms with van der Waals surface area (Å²) in [5.74, 6) is -0.233. The van der Waals surface area contributed by atoms with Crippen molar-refractivity contribution in [3.63, 3.8) is 0 Å². The molecule has 2 unspecified atom stereocenters. The quantitative estimate of drug-likeness (QED) is 0.878. The van der Waals surface area contributed by atoms with E-state index in [4.69, 9.17) is 5.73 Å². The van der Waals surface area contributed by atoms with E-state index < -0.39 is 0 Å². The maximum atomic E-state index is 11.7. The molecule has 0 aliphatic carbocycles. The molecule has 1 rings (SSSR count). The van der Waals surface area contributed by atoms with Gasteiger partial charge in [-0.15, -0.1) is 23.7 Å². The SMILES string of the molecule is Cc1nc(C)c(NC(=O)C(C)C(C)N)s1.Cl. The van der Waals surface area contributed by atoms with E-state index in [1.807, 2.05) is 27.7 Å². The van der Waals surface area contributed by atoms with Crippen LogP contribution in [0.2, 0.25) is 0 Å². The monoisotopic (exact) mass is 263 g/mol. The molecule has 92 valence electrons. The topological polar surface area (TPSA) is 68.0 Å². The summed E-state index contributed by atoms with van der Waals surface area (Å²) < 4.78 is 0. The van der Waals surface area contributed by atoms with E-state index in [0.717, 1.165) is 15.7 Å². The van der Waals surface area contributed by atoms with Crippen LogP contribution in [0.4, 0.5) is 5.00 Å². The molecule has 1 aromatic heterocycles. The molecule has 0 radical (unpaired) electrons. The van der Waals surface area contributed by atoms with Crippen molar-refractivity contribution in [1.29, 1.82) is 0 Å². The van der Waals surface area contributed by atoms with Gasteiger partial charge in [0, 0.05) is 6.04 Å². The fraction of sp³-hybridized carbons (Fsp3) is 0.600. The summed E-state index contributed by atoms with van der Waals surface area (Å²) >= 11 is 1.49. The molecule has 0 saturated heterocycles. The first-order valence-electron chi connectivity index (χ1n) is 4.92. The number of aryl methyl sites for hydroxylation is 2. The number of thiazole rings is 1. The number of carbonyl (C=O) groups excluding carboxylic acids is 1. The van der Waals surface area contributed by atoms with Crippen molar-refractivity contribution in [3.8, 4) is 0 Å². The molecule has 0 aliphatic rings. The highest BCUT2D eigenvalue weighted by atomic mass is 35.5. The molecule has 1 amide bonds. The molecule has 3 N–H and O–H groups in total. The molecule has 0 aliphatic heterocycles.